The van der Waals surface area contributed by atoms with Gasteiger partial charge in [0.25, 0.3) is 0 Å². The molecule has 1 aromatic carbocycles. The lowest BCUT2D eigenvalue weighted by atomic mass is 10.3. The van der Waals surface area contributed by atoms with E-state index in [9.17, 15) is 17.6 Å². The summed E-state index contributed by atoms with van der Waals surface area (Å²) < 4.78 is 44.9. The number of carbonyl (C=O) groups excluding carboxylic acids is 1. The molecule has 1 amide bonds. The molecule has 1 aliphatic rings. The van der Waals surface area contributed by atoms with Crippen molar-refractivity contribution < 1.29 is 22.3 Å². The normalized spacial score (nSPS) is 15.5. The van der Waals surface area contributed by atoms with Crippen molar-refractivity contribution in [1.29, 1.82) is 0 Å². The van der Waals surface area contributed by atoms with E-state index in [2.05, 4.69) is 15.6 Å². The fourth-order valence-electron chi connectivity index (χ4n) is 2.96. The van der Waals surface area contributed by atoms with Crippen molar-refractivity contribution in [3.8, 4) is 0 Å². The number of piperazine rings is 1. The molecule has 9 nitrogen and oxygen atoms in total. The minimum absolute atomic E-state index is 0. The number of hydrogen-bond acceptors (Lipinski definition) is 5. The van der Waals surface area contributed by atoms with Gasteiger partial charge in [-0.3, -0.25) is 9.79 Å². The third-order valence-corrected chi connectivity index (χ3v) is 6.29. The number of carbonyl (C=O) groups is 1. The summed E-state index contributed by atoms with van der Waals surface area (Å²) in [7, 11) is -1.78. The summed E-state index contributed by atoms with van der Waals surface area (Å²) in [6.45, 7) is 5.42. The molecule has 1 saturated heterocycles. The van der Waals surface area contributed by atoms with Crippen LogP contribution in [0.15, 0.2) is 29.3 Å². The van der Waals surface area contributed by atoms with Gasteiger partial charge in [0.15, 0.2) is 5.96 Å². The maximum Gasteiger partial charge on any atom is 0.243 e. The third kappa shape index (κ3) is 9.25. The highest BCUT2D eigenvalue weighted by Crippen LogP contribution is 2.10. The molecule has 1 heterocycles. The van der Waals surface area contributed by atoms with E-state index in [4.69, 9.17) is 4.74 Å². The smallest absolute Gasteiger partial charge is 0.243 e. The van der Waals surface area contributed by atoms with E-state index in [0.29, 0.717) is 37.8 Å². The molecule has 1 aliphatic heterocycles. The van der Waals surface area contributed by atoms with E-state index in [-0.39, 0.29) is 54.9 Å². The van der Waals surface area contributed by atoms with Crippen LogP contribution in [0.1, 0.15) is 13.8 Å². The Morgan fingerprint density at radius 3 is 2.52 bits per heavy atom. The van der Waals surface area contributed by atoms with Crippen LogP contribution in [0.25, 0.3) is 0 Å². The van der Waals surface area contributed by atoms with E-state index in [1.807, 2.05) is 18.7 Å². The van der Waals surface area contributed by atoms with E-state index in [0.717, 1.165) is 0 Å². The average molecular weight is 571 g/mol. The lowest BCUT2D eigenvalue weighted by molar-refractivity contribution is -0.115. The van der Waals surface area contributed by atoms with Gasteiger partial charge in [0.2, 0.25) is 15.9 Å². The van der Waals surface area contributed by atoms with Crippen molar-refractivity contribution in [2.75, 3.05) is 57.4 Å². The zero-order chi connectivity index (χ0) is 22.1. The summed E-state index contributed by atoms with van der Waals surface area (Å²) >= 11 is 0. The highest BCUT2D eigenvalue weighted by molar-refractivity contribution is 14.0. The number of halogens is 2. The Hall–Kier alpha value is -1.51. The van der Waals surface area contributed by atoms with Gasteiger partial charge in [0, 0.05) is 38.9 Å². The van der Waals surface area contributed by atoms with Crippen LogP contribution >= 0.6 is 24.0 Å². The molecule has 31 heavy (non-hydrogen) atoms. The SMILES string of the molecule is CN=C(NCC(=O)Nc1cccc(F)c1)N1CCN(S(=O)(=O)CCOC(C)C)CC1.I. The highest BCUT2D eigenvalue weighted by Gasteiger charge is 2.28. The van der Waals surface area contributed by atoms with Gasteiger partial charge in [-0.25, -0.2) is 12.8 Å². The Kier molecular flexibility index (Phi) is 11.7. The van der Waals surface area contributed by atoms with Gasteiger partial charge in [-0.1, -0.05) is 6.07 Å². The molecule has 12 heteroatoms. The summed E-state index contributed by atoms with van der Waals surface area (Å²) in [5.74, 6) is -0.309. The zero-order valence-corrected chi connectivity index (χ0v) is 21.2. The predicted octanol–water partition coefficient (Wildman–Crippen LogP) is 1.33. The van der Waals surface area contributed by atoms with Gasteiger partial charge in [-0.05, 0) is 32.0 Å². The van der Waals surface area contributed by atoms with E-state index < -0.39 is 15.8 Å². The molecule has 2 rings (SSSR count). The molecule has 0 unspecified atom stereocenters. The topological polar surface area (TPSA) is 103 Å². The highest BCUT2D eigenvalue weighted by atomic mass is 127. The Balaban J connectivity index is 0.00000480. The molecule has 0 aromatic heterocycles. The fraction of sp³-hybridized carbons (Fsp3) is 0.579. The fourth-order valence-corrected chi connectivity index (χ4v) is 4.24. The second kappa shape index (κ2) is 13.1. The Labute approximate surface area is 200 Å². The number of hydrogen-bond donors (Lipinski definition) is 2. The van der Waals surface area contributed by atoms with Crippen LogP contribution in [0.5, 0.6) is 0 Å². The number of rotatable bonds is 8. The monoisotopic (exact) mass is 571 g/mol. The van der Waals surface area contributed by atoms with E-state index >= 15 is 0 Å². The minimum Gasteiger partial charge on any atom is -0.378 e. The Bertz CT molecular complexity index is 845. The maximum absolute atomic E-state index is 13.2. The summed E-state index contributed by atoms with van der Waals surface area (Å²) in [6, 6.07) is 5.65. The number of aliphatic imine (C=N–C) groups is 1. The lowest BCUT2D eigenvalue weighted by Gasteiger charge is -2.35. The van der Waals surface area contributed by atoms with Crippen molar-refractivity contribution in [2.24, 2.45) is 4.99 Å². The third-order valence-electron chi connectivity index (χ3n) is 4.45. The van der Waals surface area contributed by atoms with Crippen LogP contribution in [0.3, 0.4) is 0 Å². The standard InChI is InChI=1S/C19H30FN5O4S.HI/c1-15(2)29-11-12-30(27,28)25-9-7-24(8-10-25)19(21-3)22-14-18(26)23-17-6-4-5-16(20)13-17;/h4-6,13,15H,7-12,14H2,1-3H3,(H,21,22)(H,23,26);1H. The predicted molar refractivity (Wildman–Crippen MR) is 130 cm³/mol. The van der Waals surface area contributed by atoms with Gasteiger partial charge >= 0.3 is 0 Å². The van der Waals surface area contributed by atoms with Gasteiger partial charge in [-0.2, -0.15) is 4.31 Å². The number of benzene rings is 1. The lowest BCUT2D eigenvalue weighted by Crippen LogP contribution is -2.54. The molecular formula is C19H31FIN5O4S. The second-order valence-electron chi connectivity index (χ2n) is 7.08. The first-order chi connectivity index (χ1) is 14.2. The quantitative estimate of drug-likeness (QED) is 0.278. The number of sulfonamides is 1. The first-order valence-corrected chi connectivity index (χ1v) is 11.4. The molecule has 0 radical (unpaired) electrons. The Morgan fingerprint density at radius 2 is 1.94 bits per heavy atom. The van der Waals surface area contributed by atoms with Crippen molar-refractivity contribution in [2.45, 2.75) is 20.0 Å². The van der Waals surface area contributed by atoms with Crippen LogP contribution in [-0.2, 0) is 19.6 Å². The van der Waals surface area contributed by atoms with Crippen molar-refractivity contribution in [1.82, 2.24) is 14.5 Å². The average Bonchev–Trinajstić information content (AvgIpc) is 2.68. The number of ether oxygens (including phenoxy) is 1. The molecule has 0 atom stereocenters. The van der Waals surface area contributed by atoms with Crippen LogP contribution in [0, 0.1) is 5.82 Å². The molecular weight excluding hydrogens is 540 g/mol. The Morgan fingerprint density at radius 1 is 1.26 bits per heavy atom. The molecule has 1 fully saturated rings. The van der Waals surface area contributed by atoms with Crippen LogP contribution < -0.4 is 10.6 Å². The number of nitrogens with one attached hydrogen (secondary N) is 2. The number of amides is 1. The van der Waals surface area contributed by atoms with Gasteiger partial charge in [0.1, 0.15) is 5.82 Å². The van der Waals surface area contributed by atoms with Crippen molar-refractivity contribution in [3.63, 3.8) is 0 Å². The number of guanidine groups is 1. The molecule has 0 bridgehead atoms. The van der Waals surface area contributed by atoms with Gasteiger partial charge in [0.05, 0.1) is 25.0 Å². The van der Waals surface area contributed by atoms with Crippen molar-refractivity contribution in [3.05, 3.63) is 30.1 Å². The molecule has 0 aliphatic carbocycles. The minimum atomic E-state index is -3.37. The van der Waals surface area contributed by atoms with E-state index in [1.165, 1.54) is 22.5 Å². The molecule has 2 N–H and O–H groups in total. The van der Waals surface area contributed by atoms with Gasteiger partial charge < -0.3 is 20.3 Å². The first-order valence-electron chi connectivity index (χ1n) is 9.81. The number of nitrogens with zero attached hydrogens (tertiary/aromatic N) is 3. The first kappa shape index (κ1) is 27.5. The van der Waals surface area contributed by atoms with Crippen LogP contribution in [0.2, 0.25) is 0 Å². The molecule has 1 aromatic rings. The summed E-state index contributed by atoms with van der Waals surface area (Å²) in [6.07, 6.45) is -0.00967. The summed E-state index contributed by atoms with van der Waals surface area (Å²) in [5.41, 5.74) is 0.372. The van der Waals surface area contributed by atoms with E-state index in [1.54, 1.807) is 13.1 Å². The number of anilines is 1. The molecule has 176 valence electrons. The van der Waals surface area contributed by atoms with Gasteiger partial charge in [-0.15, -0.1) is 24.0 Å². The van der Waals surface area contributed by atoms with Crippen LogP contribution in [-0.4, -0.2) is 87.7 Å². The zero-order valence-electron chi connectivity index (χ0n) is 18.0. The second-order valence-corrected chi connectivity index (χ2v) is 9.17. The van der Waals surface area contributed by atoms with Crippen molar-refractivity contribution >= 4 is 51.6 Å². The van der Waals surface area contributed by atoms with Crippen LogP contribution in [0.4, 0.5) is 10.1 Å². The molecule has 0 spiro atoms. The summed E-state index contributed by atoms with van der Waals surface area (Å²) in [5, 5.41) is 5.56. The summed E-state index contributed by atoms with van der Waals surface area (Å²) in [4.78, 5) is 18.1. The largest absolute Gasteiger partial charge is 0.378 e. The maximum atomic E-state index is 13.2. The molecule has 0 saturated carbocycles.